The molecule has 0 saturated carbocycles. The molecule has 0 atom stereocenters. The highest BCUT2D eigenvalue weighted by Gasteiger charge is 2.17. The van der Waals surface area contributed by atoms with E-state index in [1.807, 2.05) is 57.2 Å². The van der Waals surface area contributed by atoms with E-state index in [0.29, 0.717) is 17.0 Å². The van der Waals surface area contributed by atoms with Crippen LogP contribution in [-0.2, 0) is 0 Å². The van der Waals surface area contributed by atoms with Gasteiger partial charge in [-0.05, 0) is 44.0 Å². The summed E-state index contributed by atoms with van der Waals surface area (Å²) >= 11 is 0. The monoisotopic (exact) mass is 331 g/mol. The minimum absolute atomic E-state index is 0.202. The number of pyridine rings is 1. The number of nitrogens with one attached hydrogen (secondary N) is 1. The van der Waals surface area contributed by atoms with Crippen LogP contribution in [0.1, 0.15) is 17.0 Å². The van der Waals surface area contributed by atoms with Crippen LogP contribution in [0.3, 0.4) is 0 Å². The molecule has 0 aliphatic rings. The van der Waals surface area contributed by atoms with Crippen LogP contribution >= 0.6 is 0 Å². The molecule has 0 unspecified atom stereocenters. The van der Waals surface area contributed by atoms with Crippen LogP contribution in [0.2, 0.25) is 0 Å². The Morgan fingerprint density at radius 2 is 1.68 bits per heavy atom. The van der Waals surface area contributed by atoms with Gasteiger partial charge in [-0.1, -0.05) is 24.3 Å². The molecule has 0 bridgehead atoms. The van der Waals surface area contributed by atoms with Crippen LogP contribution < -0.4 is 5.56 Å². The predicted molar refractivity (Wildman–Crippen MR) is 96.9 cm³/mol. The van der Waals surface area contributed by atoms with E-state index in [4.69, 9.17) is 0 Å². The van der Waals surface area contributed by atoms with Crippen molar-refractivity contribution in [3.8, 4) is 17.1 Å². The zero-order valence-electron chi connectivity index (χ0n) is 14.2. The molecule has 25 heavy (non-hydrogen) atoms. The number of aryl methyl sites for hydroxylation is 3. The van der Waals surface area contributed by atoms with Crippen LogP contribution in [0.4, 0.5) is 0 Å². The molecule has 3 aromatic heterocycles. The molecule has 0 aliphatic heterocycles. The molecule has 3 heterocycles. The van der Waals surface area contributed by atoms with Gasteiger partial charge in [0.2, 0.25) is 0 Å². The highest BCUT2D eigenvalue weighted by atomic mass is 16.1. The van der Waals surface area contributed by atoms with Gasteiger partial charge in [0.1, 0.15) is 0 Å². The van der Waals surface area contributed by atoms with Crippen LogP contribution in [0, 0.1) is 20.8 Å². The number of rotatable bonds is 2. The van der Waals surface area contributed by atoms with E-state index >= 15 is 0 Å². The molecule has 4 aromatic rings. The fourth-order valence-corrected chi connectivity index (χ4v) is 3.08. The van der Waals surface area contributed by atoms with E-state index in [0.717, 1.165) is 28.1 Å². The summed E-state index contributed by atoms with van der Waals surface area (Å²) in [6.45, 7) is 5.78. The molecule has 0 spiro atoms. The number of benzene rings is 1. The van der Waals surface area contributed by atoms with E-state index in [2.05, 4.69) is 20.1 Å². The average Bonchev–Trinajstić information content (AvgIpc) is 2.92. The molecule has 6 nitrogen and oxygen atoms in total. The van der Waals surface area contributed by atoms with E-state index in [1.165, 1.54) is 4.68 Å². The Morgan fingerprint density at radius 1 is 0.960 bits per heavy atom. The van der Waals surface area contributed by atoms with Gasteiger partial charge in [-0.2, -0.15) is 4.68 Å². The van der Waals surface area contributed by atoms with Gasteiger partial charge in [-0.15, -0.1) is 0 Å². The van der Waals surface area contributed by atoms with Crippen molar-refractivity contribution in [2.45, 2.75) is 20.8 Å². The third kappa shape index (κ3) is 2.52. The quantitative estimate of drug-likeness (QED) is 0.612. The number of nitrogens with zero attached hydrogens (tertiary/aromatic N) is 4. The topological polar surface area (TPSA) is 76.5 Å². The Hall–Kier alpha value is -3.28. The largest absolute Gasteiger partial charge is 0.284 e. The number of H-pyrrole nitrogens is 1. The van der Waals surface area contributed by atoms with Crippen molar-refractivity contribution in [2.24, 2.45) is 0 Å². The lowest BCUT2D eigenvalue weighted by Gasteiger charge is -2.05. The predicted octanol–water partition coefficient (Wildman–Crippen LogP) is 3.10. The van der Waals surface area contributed by atoms with Gasteiger partial charge in [0.25, 0.3) is 11.5 Å². The zero-order chi connectivity index (χ0) is 17.6. The molecule has 1 aromatic carbocycles. The number of fused-ring (bicyclic) bond motifs is 1. The summed E-state index contributed by atoms with van der Waals surface area (Å²) in [6, 6.07) is 11.7. The Bertz CT molecular complexity index is 1140. The molecule has 1 N–H and O–H groups in total. The first-order valence-electron chi connectivity index (χ1n) is 8.03. The third-order valence-corrected chi connectivity index (χ3v) is 4.19. The van der Waals surface area contributed by atoms with Crippen molar-refractivity contribution < 1.29 is 0 Å². The fourth-order valence-electron chi connectivity index (χ4n) is 3.08. The van der Waals surface area contributed by atoms with E-state index < -0.39 is 0 Å². The Morgan fingerprint density at radius 3 is 2.40 bits per heavy atom. The summed E-state index contributed by atoms with van der Waals surface area (Å²) in [6.07, 6.45) is 1.70. The zero-order valence-corrected chi connectivity index (χ0v) is 14.2. The molecular weight excluding hydrogens is 314 g/mol. The Labute approximate surface area is 144 Å². The van der Waals surface area contributed by atoms with Crippen molar-refractivity contribution in [3.05, 3.63) is 69.9 Å². The summed E-state index contributed by atoms with van der Waals surface area (Å²) in [7, 11) is 0. The maximum atomic E-state index is 13.1. The molecule has 0 aliphatic carbocycles. The second-order valence-electron chi connectivity index (χ2n) is 6.10. The maximum absolute atomic E-state index is 13.1. The molecular formula is C19H17N5O. The van der Waals surface area contributed by atoms with E-state index in [1.54, 1.807) is 6.20 Å². The van der Waals surface area contributed by atoms with Gasteiger partial charge >= 0.3 is 0 Å². The normalized spacial score (nSPS) is 11.2. The van der Waals surface area contributed by atoms with Crippen molar-refractivity contribution in [1.82, 2.24) is 24.7 Å². The van der Waals surface area contributed by atoms with Gasteiger partial charge in [-0.3, -0.25) is 9.89 Å². The van der Waals surface area contributed by atoms with Gasteiger partial charge in [0.15, 0.2) is 5.65 Å². The first kappa shape index (κ1) is 15.3. The summed E-state index contributed by atoms with van der Waals surface area (Å²) in [5.74, 6) is 0.330. The van der Waals surface area contributed by atoms with Crippen molar-refractivity contribution in [1.29, 1.82) is 0 Å². The number of aromatic nitrogens is 5. The second-order valence-corrected chi connectivity index (χ2v) is 6.10. The van der Waals surface area contributed by atoms with Gasteiger partial charge in [0, 0.05) is 23.1 Å². The van der Waals surface area contributed by atoms with E-state index in [9.17, 15) is 4.79 Å². The number of hydrogen-bond acceptors (Lipinski definition) is 4. The van der Waals surface area contributed by atoms with Crippen LogP contribution in [0.25, 0.3) is 28.1 Å². The standard InChI is InChI=1S/C19H17N5O/c1-11-6-4-5-7-14(11)15-8-9-20-17-16(15)18(25)24(23-17)19-21-12(2)10-13(3)22-19/h4-10H,1-3H3,(H,20,23). The first-order valence-corrected chi connectivity index (χ1v) is 8.03. The van der Waals surface area contributed by atoms with Crippen molar-refractivity contribution in [2.75, 3.05) is 0 Å². The minimum Gasteiger partial charge on any atom is -0.271 e. The third-order valence-electron chi connectivity index (χ3n) is 4.19. The molecule has 0 fully saturated rings. The van der Waals surface area contributed by atoms with Crippen molar-refractivity contribution in [3.63, 3.8) is 0 Å². The van der Waals surface area contributed by atoms with Crippen molar-refractivity contribution >= 4 is 11.0 Å². The van der Waals surface area contributed by atoms with E-state index in [-0.39, 0.29) is 5.56 Å². The highest BCUT2D eigenvalue weighted by molar-refractivity contribution is 5.93. The molecule has 4 rings (SSSR count). The molecule has 0 saturated heterocycles. The summed E-state index contributed by atoms with van der Waals surface area (Å²) < 4.78 is 1.36. The highest BCUT2D eigenvalue weighted by Crippen LogP contribution is 2.27. The average molecular weight is 331 g/mol. The van der Waals surface area contributed by atoms with Gasteiger partial charge in [-0.25, -0.2) is 15.0 Å². The second kappa shape index (κ2) is 5.66. The lowest BCUT2D eigenvalue weighted by molar-refractivity contribution is 0.778. The lowest BCUT2D eigenvalue weighted by atomic mass is 9.99. The lowest BCUT2D eigenvalue weighted by Crippen LogP contribution is -2.18. The number of hydrogen-bond donors (Lipinski definition) is 1. The molecule has 0 radical (unpaired) electrons. The summed E-state index contributed by atoms with van der Waals surface area (Å²) in [5, 5.41) is 3.57. The minimum atomic E-state index is -0.202. The molecule has 6 heteroatoms. The summed E-state index contributed by atoms with van der Waals surface area (Å²) in [4.78, 5) is 26.1. The summed E-state index contributed by atoms with van der Waals surface area (Å²) in [5.41, 5.74) is 4.90. The molecule has 0 amide bonds. The van der Waals surface area contributed by atoms with Gasteiger partial charge in [0.05, 0.1) is 5.39 Å². The first-order chi connectivity index (χ1) is 12.0. The Kier molecular flexibility index (Phi) is 3.46. The van der Waals surface area contributed by atoms with Crippen LogP contribution in [0.5, 0.6) is 0 Å². The number of aromatic amines is 1. The van der Waals surface area contributed by atoms with Crippen LogP contribution in [0.15, 0.2) is 47.4 Å². The molecule has 124 valence electrons. The SMILES string of the molecule is Cc1cc(C)nc(-n2[nH]c3nccc(-c4ccccc4C)c3c2=O)n1. The smallest absolute Gasteiger partial charge is 0.271 e. The maximum Gasteiger partial charge on any atom is 0.284 e. The Balaban J connectivity index is 2.03. The van der Waals surface area contributed by atoms with Gasteiger partial charge < -0.3 is 0 Å². The van der Waals surface area contributed by atoms with Crippen LogP contribution in [-0.4, -0.2) is 24.7 Å². The fraction of sp³-hybridized carbons (Fsp3) is 0.158.